The zero-order chi connectivity index (χ0) is 18.1. The van der Waals surface area contributed by atoms with E-state index in [4.69, 9.17) is 35.4 Å². The summed E-state index contributed by atoms with van der Waals surface area (Å²) in [5.74, 6) is 0. The molecule has 6 heteroatoms. The summed E-state index contributed by atoms with van der Waals surface area (Å²) in [6.45, 7) is 1.73. The molecule has 0 bridgehead atoms. The molecule has 0 radical (unpaired) electrons. The van der Waals surface area contributed by atoms with Crippen molar-refractivity contribution in [1.82, 2.24) is 9.47 Å². The highest BCUT2D eigenvalue weighted by Gasteiger charge is 2.30. The number of nitrogens with zero attached hydrogens (tertiary/aromatic N) is 2. The maximum Gasteiger partial charge on any atom is 0.174 e. The van der Waals surface area contributed by atoms with Crippen LogP contribution in [0, 0.1) is 0 Å². The van der Waals surface area contributed by atoms with Crippen molar-refractivity contribution in [2.45, 2.75) is 12.6 Å². The zero-order valence-corrected chi connectivity index (χ0v) is 16.2. The monoisotopic (exact) mass is 401 g/mol. The molecule has 1 atom stereocenters. The van der Waals surface area contributed by atoms with Crippen LogP contribution in [0.2, 0.25) is 10.0 Å². The number of rotatable bonds is 2. The van der Waals surface area contributed by atoms with Gasteiger partial charge in [0.25, 0.3) is 0 Å². The molecule has 4 rings (SSSR count). The van der Waals surface area contributed by atoms with E-state index >= 15 is 0 Å². The molecule has 132 valence electrons. The standard InChI is InChI=1S/C20H17Cl2N3S/c21-15-5-3-14(4-6-15)19-18-2-1-11-24(18)12-13-25(19)20(26)23-17-9-7-16(22)8-10-17/h1-11,19H,12-13H2,(H,23,26)/t19-/m1/s1. The van der Waals surface area contributed by atoms with Crippen molar-refractivity contribution in [2.75, 3.05) is 11.9 Å². The van der Waals surface area contributed by atoms with Crippen LogP contribution in [0.5, 0.6) is 0 Å². The van der Waals surface area contributed by atoms with Crippen molar-refractivity contribution in [3.63, 3.8) is 0 Å². The average Bonchev–Trinajstić information content (AvgIpc) is 3.12. The van der Waals surface area contributed by atoms with Crippen molar-refractivity contribution in [2.24, 2.45) is 0 Å². The van der Waals surface area contributed by atoms with Gasteiger partial charge in [0.05, 0.1) is 6.04 Å². The number of anilines is 1. The number of benzene rings is 2. The Balaban J connectivity index is 1.66. The van der Waals surface area contributed by atoms with Crippen molar-refractivity contribution in [3.05, 3.63) is 88.2 Å². The summed E-state index contributed by atoms with van der Waals surface area (Å²) >= 11 is 17.8. The zero-order valence-electron chi connectivity index (χ0n) is 13.9. The molecule has 0 saturated carbocycles. The van der Waals surface area contributed by atoms with E-state index in [-0.39, 0.29) is 6.04 Å². The Morgan fingerprint density at radius 1 is 0.923 bits per heavy atom. The molecule has 26 heavy (non-hydrogen) atoms. The Morgan fingerprint density at radius 3 is 2.27 bits per heavy atom. The molecule has 1 N–H and O–H groups in total. The third-order valence-corrected chi connectivity index (χ3v) is 5.42. The highest BCUT2D eigenvalue weighted by Crippen LogP contribution is 2.33. The summed E-state index contributed by atoms with van der Waals surface area (Å²) in [7, 11) is 0. The first-order valence-corrected chi connectivity index (χ1v) is 9.52. The largest absolute Gasteiger partial charge is 0.348 e. The molecule has 3 aromatic rings. The molecule has 2 heterocycles. The summed E-state index contributed by atoms with van der Waals surface area (Å²) < 4.78 is 2.28. The number of thiocarbonyl (C=S) groups is 1. The van der Waals surface area contributed by atoms with Crippen LogP contribution in [0.1, 0.15) is 17.3 Å². The Morgan fingerprint density at radius 2 is 1.58 bits per heavy atom. The van der Waals surface area contributed by atoms with E-state index < -0.39 is 0 Å². The molecule has 1 aliphatic heterocycles. The van der Waals surface area contributed by atoms with Gasteiger partial charge >= 0.3 is 0 Å². The van der Waals surface area contributed by atoms with Crippen molar-refractivity contribution in [1.29, 1.82) is 0 Å². The SMILES string of the molecule is S=C(Nc1ccc(Cl)cc1)N1CCn2cccc2[C@H]1c1ccc(Cl)cc1. The van der Waals surface area contributed by atoms with Gasteiger partial charge in [-0.2, -0.15) is 0 Å². The second-order valence-corrected chi connectivity index (χ2v) is 7.47. The number of nitrogens with one attached hydrogen (secondary N) is 1. The summed E-state index contributed by atoms with van der Waals surface area (Å²) in [6, 6.07) is 19.8. The molecule has 1 aromatic heterocycles. The Labute approximate surface area is 168 Å². The number of hydrogen-bond acceptors (Lipinski definition) is 1. The quantitative estimate of drug-likeness (QED) is 0.564. The number of hydrogen-bond donors (Lipinski definition) is 1. The van der Waals surface area contributed by atoms with Gasteiger partial charge in [0.15, 0.2) is 5.11 Å². The molecule has 0 unspecified atom stereocenters. The lowest BCUT2D eigenvalue weighted by molar-refractivity contribution is 0.293. The first kappa shape index (κ1) is 17.4. The molecular formula is C20H17Cl2N3S. The molecule has 1 aliphatic rings. The van der Waals surface area contributed by atoms with E-state index in [0.29, 0.717) is 10.1 Å². The van der Waals surface area contributed by atoms with Crippen LogP contribution in [-0.2, 0) is 6.54 Å². The molecule has 0 saturated heterocycles. The third kappa shape index (κ3) is 3.45. The predicted octanol–water partition coefficient (Wildman–Crippen LogP) is 5.60. The second-order valence-electron chi connectivity index (χ2n) is 6.21. The van der Waals surface area contributed by atoms with Crippen molar-refractivity contribution >= 4 is 46.2 Å². The van der Waals surface area contributed by atoms with E-state index in [0.717, 1.165) is 29.4 Å². The number of fused-ring (bicyclic) bond motifs is 1. The number of aromatic nitrogens is 1. The first-order chi connectivity index (χ1) is 12.6. The van der Waals surface area contributed by atoms with Crippen LogP contribution in [0.25, 0.3) is 0 Å². The van der Waals surface area contributed by atoms with E-state index in [1.54, 1.807) is 0 Å². The summed E-state index contributed by atoms with van der Waals surface area (Å²) in [6.07, 6.45) is 2.12. The molecule has 0 spiro atoms. The topological polar surface area (TPSA) is 20.2 Å². The minimum absolute atomic E-state index is 0.0447. The second kappa shape index (κ2) is 7.31. The molecule has 3 nitrogen and oxygen atoms in total. The van der Waals surface area contributed by atoms with Crippen LogP contribution in [0.4, 0.5) is 5.69 Å². The van der Waals surface area contributed by atoms with Gasteiger partial charge in [0, 0.05) is 40.7 Å². The lowest BCUT2D eigenvalue weighted by atomic mass is 10.0. The van der Waals surface area contributed by atoms with Gasteiger partial charge in [-0.25, -0.2) is 0 Å². The molecule has 0 aliphatic carbocycles. The Hall–Kier alpha value is -2.01. The Bertz CT molecular complexity index is 919. The molecule has 0 amide bonds. The van der Waals surface area contributed by atoms with E-state index in [1.165, 1.54) is 5.69 Å². The minimum Gasteiger partial charge on any atom is -0.348 e. The molecule has 0 fully saturated rings. The van der Waals surface area contributed by atoms with Gasteiger partial charge in [0.1, 0.15) is 0 Å². The van der Waals surface area contributed by atoms with Crippen LogP contribution in [0.15, 0.2) is 66.9 Å². The van der Waals surface area contributed by atoms with Crippen molar-refractivity contribution in [3.8, 4) is 0 Å². The van der Waals surface area contributed by atoms with Gasteiger partial charge in [0.2, 0.25) is 0 Å². The summed E-state index contributed by atoms with van der Waals surface area (Å²) in [5, 5.41) is 5.47. The first-order valence-electron chi connectivity index (χ1n) is 8.35. The van der Waals surface area contributed by atoms with Gasteiger partial charge < -0.3 is 14.8 Å². The van der Waals surface area contributed by atoms with Gasteiger partial charge in [-0.05, 0) is 66.3 Å². The Kier molecular flexibility index (Phi) is 4.90. The van der Waals surface area contributed by atoms with E-state index in [9.17, 15) is 0 Å². The van der Waals surface area contributed by atoms with Crippen molar-refractivity contribution < 1.29 is 0 Å². The minimum atomic E-state index is 0.0447. The summed E-state index contributed by atoms with van der Waals surface area (Å²) in [5.41, 5.74) is 3.31. The van der Waals surface area contributed by atoms with Gasteiger partial charge in [-0.1, -0.05) is 35.3 Å². The van der Waals surface area contributed by atoms with Crippen LogP contribution < -0.4 is 5.32 Å². The van der Waals surface area contributed by atoms with Gasteiger partial charge in [-0.15, -0.1) is 0 Å². The maximum atomic E-state index is 6.08. The fourth-order valence-corrected chi connectivity index (χ4v) is 3.89. The lowest BCUT2D eigenvalue weighted by Gasteiger charge is -2.39. The van der Waals surface area contributed by atoms with Gasteiger partial charge in [-0.3, -0.25) is 0 Å². The fourth-order valence-electron chi connectivity index (χ4n) is 3.33. The molecular weight excluding hydrogens is 385 g/mol. The van der Waals surface area contributed by atoms with E-state index in [1.807, 2.05) is 36.4 Å². The summed E-state index contributed by atoms with van der Waals surface area (Å²) in [4.78, 5) is 2.22. The van der Waals surface area contributed by atoms with Crippen LogP contribution in [0.3, 0.4) is 0 Å². The third-order valence-electron chi connectivity index (χ3n) is 4.58. The highest BCUT2D eigenvalue weighted by atomic mass is 35.5. The van der Waals surface area contributed by atoms with Crippen LogP contribution in [-0.4, -0.2) is 21.1 Å². The number of halogens is 2. The predicted molar refractivity (Wildman–Crippen MR) is 112 cm³/mol. The molecule has 2 aromatic carbocycles. The fraction of sp³-hybridized carbons (Fsp3) is 0.150. The van der Waals surface area contributed by atoms with E-state index in [2.05, 4.69) is 45.2 Å². The normalized spacial score (nSPS) is 16.2. The smallest absolute Gasteiger partial charge is 0.174 e. The average molecular weight is 402 g/mol. The highest BCUT2D eigenvalue weighted by molar-refractivity contribution is 7.80. The lowest BCUT2D eigenvalue weighted by Crippen LogP contribution is -2.44. The maximum absolute atomic E-state index is 6.08. The van der Waals surface area contributed by atoms with Crippen LogP contribution >= 0.6 is 35.4 Å².